The van der Waals surface area contributed by atoms with E-state index >= 15 is 0 Å². The molecule has 2 aliphatic heterocycles. The van der Waals surface area contributed by atoms with Crippen LogP contribution in [0.1, 0.15) is 32.1 Å². The maximum atomic E-state index is 12.5. The second kappa shape index (κ2) is 6.00. The highest BCUT2D eigenvalue weighted by Crippen LogP contribution is 2.56. The van der Waals surface area contributed by atoms with E-state index in [1.54, 1.807) is 28.0 Å². The molecule has 2 saturated heterocycles. The second-order valence-electron chi connectivity index (χ2n) is 6.66. The molecule has 5 nitrogen and oxygen atoms in total. The first-order chi connectivity index (χ1) is 11.2. The molecule has 8 heteroatoms. The molecule has 0 radical (unpaired) electrons. The molecule has 3 heterocycles. The van der Waals surface area contributed by atoms with Gasteiger partial charge in [0.2, 0.25) is 5.91 Å². The number of carbonyl (C=O) groups excluding carboxylic acids is 1. The van der Waals surface area contributed by atoms with Crippen molar-refractivity contribution in [1.82, 2.24) is 10.2 Å². The van der Waals surface area contributed by atoms with Crippen LogP contribution in [0.2, 0.25) is 0 Å². The zero-order valence-electron chi connectivity index (χ0n) is 13.7. The molecule has 3 atom stereocenters. The largest absolute Gasteiger partial charge is 0.480 e. The van der Waals surface area contributed by atoms with Crippen molar-refractivity contribution in [2.24, 2.45) is 0 Å². The van der Waals surface area contributed by atoms with Crippen LogP contribution in [-0.4, -0.2) is 48.6 Å². The van der Waals surface area contributed by atoms with Gasteiger partial charge in [-0.05, 0) is 31.7 Å². The lowest BCUT2D eigenvalue weighted by Gasteiger charge is -2.56. The van der Waals surface area contributed by atoms with Crippen molar-refractivity contribution in [3.05, 3.63) is 22.4 Å². The molecule has 24 heavy (non-hydrogen) atoms. The molecule has 1 aromatic heterocycles. The normalized spacial score (nSPS) is 30.6. The van der Waals surface area contributed by atoms with Gasteiger partial charge in [0.25, 0.3) is 0 Å². The van der Waals surface area contributed by atoms with Crippen LogP contribution in [0, 0.1) is 0 Å². The fourth-order valence-electron chi connectivity index (χ4n) is 3.52. The zero-order valence-corrected chi connectivity index (χ0v) is 16.2. The zero-order chi connectivity index (χ0) is 17.7. The number of fused-ring (bicyclic) bond motifs is 1. The Morgan fingerprint density at radius 2 is 2.17 bits per heavy atom. The van der Waals surface area contributed by atoms with Gasteiger partial charge in [-0.3, -0.25) is 4.79 Å². The van der Waals surface area contributed by atoms with Gasteiger partial charge in [-0.2, -0.15) is 0 Å². The molecule has 1 amide bonds. The van der Waals surface area contributed by atoms with Crippen molar-refractivity contribution in [2.75, 3.05) is 0 Å². The van der Waals surface area contributed by atoms with E-state index in [2.05, 4.69) is 5.32 Å². The Morgan fingerprint density at radius 1 is 1.46 bits per heavy atom. The van der Waals surface area contributed by atoms with Crippen molar-refractivity contribution >= 4 is 52.2 Å². The summed E-state index contributed by atoms with van der Waals surface area (Å²) < 4.78 is -0.462. The molecule has 0 unspecified atom stereocenters. The fraction of sp³-hybridized carbons (Fsp3) is 0.562. The van der Waals surface area contributed by atoms with Crippen LogP contribution in [0.4, 0.5) is 0 Å². The number of rotatable bonds is 5. The van der Waals surface area contributed by atoms with E-state index in [0.717, 1.165) is 4.88 Å². The van der Waals surface area contributed by atoms with Crippen LogP contribution in [-0.2, 0) is 16.0 Å². The van der Waals surface area contributed by atoms with Crippen LogP contribution in [0.5, 0.6) is 0 Å². The first-order valence-electron chi connectivity index (χ1n) is 7.79. The van der Waals surface area contributed by atoms with E-state index in [-0.39, 0.29) is 11.3 Å². The minimum atomic E-state index is -0.869. The number of carboxylic acids is 1. The monoisotopic (exact) mass is 384 g/mol. The van der Waals surface area contributed by atoms with Gasteiger partial charge in [0.05, 0.1) is 6.42 Å². The standard InChI is InChI=1S/C16H20N2O3S3/c1-4-16(17-10(19)8-9-6-5-7-23-9)13(22)18-11(12(20)21)15(2,3)24-14(16)18/h5-7,11,14H,4,8H2,1-3H3,(H,17,19)(H,20,21)/t11-,14+,16-/m0/s1. The summed E-state index contributed by atoms with van der Waals surface area (Å²) in [6.45, 7) is 5.83. The van der Waals surface area contributed by atoms with E-state index in [0.29, 0.717) is 17.8 Å². The maximum absolute atomic E-state index is 12.5. The number of nitrogens with zero attached hydrogens (tertiary/aromatic N) is 1. The Labute approximate surface area is 154 Å². The minimum Gasteiger partial charge on any atom is -0.480 e. The Bertz CT molecular complexity index is 689. The van der Waals surface area contributed by atoms with Crippen LogP contribution >= 0.6 is 35.3 Å². The van der Waals surface area contributed by atoms with Crippen LogP contribution in [0.25, 0.3) is 0 Å². The molecule has 0 aromatic carbocycles. The Morgan fingerprint density at radius 3 is 2.71 bits per heavy atom. The first-order valence-corrected chi connectivity index (χ1v) is 9.96. The average Bonchev–Trinajstić information content (AvgIpc) is 3.08. The summed E-state index contributed by atoms with van der Waals surface area (Å²) in [5, 5.41) is 14.5. The molecule has 2 N–H and O–H groups in total. The SMILES string of the molecule is CC[C@]1(NC(=O)Cc2cccs2)C(=S)N2[C@@H](C(=O)O)C(C)(C)S[C@@H]21. The van der Waals surface area contributed by atoms with Gasteiger partial charge < -0.3 is 15.3 Å². The molecule has 3 rings (SSSR count). The summed E-state index contributed by atoms with van der Waals surface area (Å²) in [5.41, 5.74) is -0.629. The van der Waals surface area contributed by atoms with Crippen LogP contribution in [0.15, 0.2) is 17.5 Å². The summed E-state index contributed by atoms with van der Waals surface area (Å²) in [6.07, 6.45) is 0.976. The number of aliphatic carboxylic acids is 1. The highest BCUT2D eigenvalue weighted by atomic mass is 32.2. The lowest BCUT2D eigenvalue weighted by Crippen LogP contribution is -2.78. The van der Waals surface area contributed by atoms with E-state index in [4.69, 9.17) is 12.2 Å². The molecular formula is C16H20N2O3S3. The van der Waals surface area contributed by atoms with Gasteiger partial charge in [0.15, 0.2) is 0 Å². The van der Waals surface area contributed by atoms with Crippen molar-refractivity contribution < 1.29 is 14.7 Å². The summed E-state index contributed by atoms with van der Waals surface area (Å²) in [5.74, 6) is -0.939. The molecule has 0 spiro atoms. The fourth-order valence-corrected chi connectivity index (χ4v) is 6.68. The number of carboxylic acid groups (broad SMARTS) is 1. The molecule has 2 aliphatic rings. The third-order valence-corrected chi connectivity index (χ3v) is 7.85. The van der Waals surface area contributed by atoms with Gasteiger partial charge in [-0.25, -0.2) is 4.79 Å². The van der Waals surface area contributed by atoms with Crippen molar-refractivity contribution in [2.45, 2.75) is 55.3 Å². The number of carbonyl (C=O) groups is 2. The number of thiophene rings is 1. The topological polar surface area (TPSA) is 69.6 Å². The Kier molecular flexibility index (Phi) is 4.42. The van der Waals surface area contributed by atoms with Gasteiger partial charge in [-0.1, -0.05) is 25.2 Å². The molecular weight excluding hydrogens is 364 g/mol. The molecule has 0 bridgehead atoms. The van der Waals surface area contributed by atoms with Gasteiger partial charge in [0.1, 0.15) is 21.9 Å². The summed E-state index contributed by atoms with van der Waals surface area (Å²) >= 11 is 8.69. The quantitative estimate of drug-likeness (QED) is 0.760. The molecule has 1 aromatic rings. The summed E-state index contributed by atoms with van der Waals surface area (Å²) in [6, 6.07) is 3.20. The van der Waals surface area contributed by atoms with Crippen molar-refractivity contribution in [3.8, 4) is 0 Å². The lowest BCUT2D eigenvalue weighted by molar-refractivity contribution is -0.143. The smallest absolute Gasteiger partial charge is 0.327 e. The van der Waals surface area contributed by atoms with E-state index in [9.17, 15) is 14.7 Å². The van der Waals surface area contributed by atoms with E-state index in [1.807, 2.05) is 38.3 Å². The predicted molar refractivity (Wildman–Crippen MR) is 101 cm³/mol. The highest BCUT2D eigenvalue weighted by Gasteiger charge is 2.68. The number of thioether (sulfide) groups is 1. The Hall–Kier alpha value is -1.12. The third kappa shape index (κ3) is 2.55. The number of thiocarbonyl (C=S) groups is 1. The summed E-state index contributed by atoms with van der Waals surface area (Å²) in [7, 11) is 0. The second-order valence-corrected chi connectivity index (χ2v) is 9.81. The van der Waals surface area contributed by atoms with Crippen LogP contribution < -0.4 is 5.32 Å². The number of hydrogen-bond donors (Lipinski definition) is 2. The predicted octanol–water partition coefficient (Wildman–Crippen LogP) is 2.50. The van der Waals surface area contributed by atoms with Crippen molar-refractivity contribution in [3.63, 3.8) is 0 Å². The van der Waals surface area contributed by atoms with Gasteiger partial charge >= 0.3 is 5.97 Å². The lowest BCUT2D eigenvalue weighted by atomic mass is 9.83. The molecule has 0 aliphatic carbocycles. The summed E-state index contributed by atoms with van der Waals surface area (Å²) in [4.78, 5) is 27.5. The van der Waals surface area contributed by atoms with Gasteiger partial charge in [0, 0.05) is 9.62 Å². The van der Waals surface area contributed by atoms with Crippen LogP contribution in [0.3, 0.4) is 0 Å². The number of hydrogen-bond acceptors (Lipinski definition) is 5. The minimum absolute atomic E-state index is 0.0709. The first kappa shape index (κ1) is 17.7. The number of nitrogens with one attached hydrogen (secondary N) is 1. The highest BCUT2D eigenvalue weighted by molar-refractivity contribution is 8.02. The molecule has 0 saturated carbocycles. The molecule has 130 valence electrons. The van der Waals surface area contributed by atoms with Gasteiger partial charge in [-0.15, -0.1) is 23.1 Å². The average molecular weight is 385 g/mol. The Balaban J connectivity index is 1.81. The van der Waals surface area contributed by atoms with E-state index < -0.39 is 22.3 Å². The number of amides is 1. The van der Waals surface area contributed by atoms with E-state index in [1.165, 1.54) is 0 Å². The third-order valence-electron chi connectivity index (χ3n) is 4.71. The molecule has 2 fully saturated rings. The maximum Gasteiger partial charge on any atom is 0.327 e. The van der Waals surface area contributed by atoms with Crippen molar-refractivity contribution in [1.29, 1.82) is 0 Å².